The predicted molar refractivity (Wildman–Crippen MR) is 213 cm³/mol. The average molecular weight is 814 g/mol. The molecule has 0 N–H and O–H groups in total. The standard InChI is InChI=1S/6C6H11N2.4CN.BO2/c6*1-3-8-5-4-7(2)6-8;4*1-2;2-1-3/h6*4-6H,3H2,1-2H3;;;;;/q6*+1;4*-1;-2. The highest BCUT2D eigenvalue weighted by Crippen LogP contribution is 1.82. The maximum absolute atomic E-state index is 8.25. The molecule has 6 rings (SSSR count). The number of rotatable bonds is 6. The van der Waals surface area contributed by atoms with E-state index in [-0.39, 0.29) is 0 Å². The second kappa shape index (κ2) is 43.9. The summed E-state index contributed by atoms with van der Waals surface area (Å²) in [7, 11) is 11.6. The van der Waals surface area contributed by atoms with Crippen molar-refractivity contribution in [3.63, 3.8) is 0 Å². The van der Waals surface area contributed by atoms with Gasteiger partial charge in [-0.15, -0.1) is 0 Å². The predicted octanol–water partition coefficient (Wildman–Crippen LogP) is -0.378. The third kappa shape index (κ3) is 35.4. The summed E-state index contributed by atoms with van der Waals surface area (Å²) in [5, 5.41) is 41.5. The van der Waals surface area contributed by atoms with Crippen molar-refractivity contribution in [2.45, 2.75) is 80.8 Å². The van der Waals surface area contributed by atoms with Crippen LogP contribution in [0.4, 0.5) is 0 Å². The van der Waals surface area contributed by atoms with E-state index in [2.05, 4.69) is 144 Å². The summed E-state index contributed by atoms with van der Waals surface area (Å²) in [6, 6.07) is 0. The van der Waals surface area contributed by atoms with Crippen LogP contribution in [0.25, 0.3) is 0 Å². The lowest BCUT2D eigenvalue weighted by molar-refractivity contribution is -0.671. The van der Waals surface area contributed by atoms with E-state index in [1.807, 2.05) is 107 Å². The van der Waals surface area contributed by atoms with Crippen molar-refractivity contribution in [2.75, 3.05) is 0 Å². The first-order valence-corrected chi connectivity index (χ1v) is 18.4. The number of hydrogen-bond acceptors (Lipinski definition) is 6. The molecule has 0 saturated carbocycles. The lowest BCUT2D eigenvalue weighted by Gasteiger charge is -2.01. The summed E-state index contributed by atoms with van der Waals surface area (Å²) in [6.45, 7) is 38.1. The third-order valence-corrected chi connectivity index (χ3v) is 7.13. The number of aryl methyl sites for hydroxylation is 12. The minimum Gasteiger partial charge on any atom is -0.900 e. The van der Waals surface area contributed by atoms with Gasteiger partial charge in [0.15, 0.2) is 0 Å². The summed E-state index contributed by atoms with van der Waals surface area (Å²) in [6.07, 6.45) is 36.9. The summed E-state index contributed by atoms with van der Waals surface area (Å²) in [4.78, 5) is 0. The molecule has 18 nitrogen and oxygen atoms in total. The first kappa shape index (κ1) is 61.4. The zero-order valence-corrected chi connectivity index (χ0v) is 37.2. The van der Waals surface area contributed by atoms with Crippen molar-refractivity contribution in [1.29, 1.82) is 21.0 Å². The van der Waals surface area contributed by atoms with Crippen LogP contribution in [-0.2, 0) is 81.6 Å². The molecular formula is C40H66BN16O2. The molecule has 0 aliphatic heterocycles. The Morgan fingerprint density at radius 1 is 0.339 bits per heavy atom. The molecule has 6 aromatic heterocycles. The van der Waals surface area contributed by atoms with Crippen LogP contribution in [0.1, 0.15) is 41.5 Å². The fourth-order valence-corrected chi connectivity index (χ4v) is 4.13. The van der Waals surface area contributed by atoms with Gasteiger partial charge >= 0.3 is 0 Å². The highest BCUT2D eigenvalue weighted by atomic mass is 16.4. The third-order valence-electron chi connectivity index (χ3n) is 7.13. The van der Waals surface area contributed by atoms with Gasteiger partial charge in [-0.2, -0.15) is 0 Å². The van der Waals surface area contributed by atoms with Crippen molar-refractivity contribution in [3.8, 4) is 0 Å². The molecule has 0 aliphatic rings. The summed E-state index contributed by atoms with van der Waals surface area (Å²) >= 11 is 0. The zero-order chi connectivity index (χ0) is 46.6. The first-order valence-electron chi connectivity index (χ1n) is 18.4. The van der Waals surface area contributed by atoms with Gasteiger partial charge in [0.25, 0.3) is 0 Å². The van der Waals surface area contributed by atoms with Gasteiger partial charge in [0.2, 0.25) is 38.0 Å². The molecule has 59 heavy (non-hydrogen) atoms. The van der Waals surface area contributed by atoms with Gasteiger partial charge in [-0.25, -0.2) is 62.5 Å². The van der Waals surface area contributed by atoms with Gasteiger partial charge < -0.3 is 57.4 Å². The molecule has 0 bridgehead atoms. The Bertz CT molecular complexity index is 1520. The molecule has 1 radical (unpaired) electrons. The molecule has 0 aliphatic carbocycles. The second-order valence-corrected chi connectivity index (χ2v) is 11.6. The molecule has 0 amide bonds. The Morgan fingerprint density at radius 3 is 0.475 bits per heavy atom. The maximum atomic E-state index is 8.25. The van der Waals surface area contributed by atoms with E-state index in [1.54, 1.807) is 0 Å². The minimum atomic E-state index is -0.500. The van der Waals surface area contributed by atoms with E-state index >= 15 is 0 Å². The lowest BCUT2D eigenvalue weighted by atomic mass is 10.5. The summed E-state index contributed by atoms with van der Waals surface area (Å²) < 4.78 is 24.9. The number of imidazole rings is 6. The van der Waals surface area contributed by atoms with Crippen molar-refractivity contribution < 1.29 is 37.5 Å². The minimum absolute atomic E-state index is 0.500. The Kier molecular flexibility index (Phi) is 45.7. The Morgan fingerprint density at radius 2 is 0.441 bits per heavy atom. The molecular weight excluding hydrogens is 747 g/mol. The highest BCUT2D eigenvalue weighted by molar-refractivity contribution is 6.08. The van der Waals surface area contributed by atoms with Crippen molar-refractivity contribution in [3.05, 3.63) is 139 Å². The normalized spacial score (nSPS) is 8.31. The van der Waals surface area contributed by atoms with Gasteiger partial charge in [-0.05, 0) is 41.5 Å². The largest absolute Gasteiger partial charge is 0.900 e. The van der Waals surface area contributed by atoms with Crippen LogP contribution >= 0.6 is 0 Å². The molecule has 0 atom stereocenters. The van der Waals surface area contributed by atoms with Crippen molar-refractivity contribution in [1.82, 2.24) is 27.4 Å². The van der Waals surface area contributed by atoms with E-state index in [1.165, 1.54) is 0 Å². The number of aromatic nitrogens is 12. The fourth-order valence-electron chi connectivity index (χ4n) is 4.13. The van der Waals surface area contributed by atoms with Crippen LogP contribution in [-0.4, -0.2) is 35.1 Å². The first-order chi connectivity index (χ1) is 28.4. The molecule has 19 heteroatoms. The molecule has 0 spiro atoms. The van der Waals surface area contributed by atoms with Gasteiger partial charge in [0, 0.05) is 0 Å². The van der Waals surface area contributed by atoms with E-state index in [0.29, 0.717) is 0 Å². The Balaban J connectivity index is -0.000000188. The molecule has 321 valence electrons. The van der Waals surface area contributed by atoms with Gasteiger partial charge in [0.05, 0.1) is 81.6 Å². The summed E-state index contributed by atoms with van der Waals surface area (Å²) in [5.41, 5.74) is 0. The van der Waals surface area contributed by atoms with Crippen LogP contribution in [0.2, 0.25) is 0 Å². The van der Waals surface area contributed by atoms with E-state index in [9.17, 15) is 0 Å². The lowest BCUT2D eigenvalue weighted by Crippen LogP contribution is -2.26. The maximum Gasteiger partial charge on any atom is 0.243 e. The van der Waals surface area contributed by atoms with Gasteiger partial charge in [0.1, 0.15) is 74.4 Å². The van der Waals surface area contributed by atoms with Gasteiger partial charge in [-0.3, -0.25) is 0 Å². The van der Waals surface area contributed by atoms with Crippen LogP contribution < -0.4 is 37.5 Å². The van der Waals surface area contributed by atoms with Crippen molar-refractivity contribution in [2.24, 2.45) is 42.3 Å². The smallest absolute Gasteiger partial charge is 0.243 e. The van der Waals surface area contributed by atoms with Gasteiger partial charge in [-0.1, -0.05) is 0 Å². The van der Waals surface area contributed by atoms with Crippen LogP contribution in [0.5, 0.6) is 0 Å². The second-order valence-electron chi connectivity index (χ2n) is 11.6. The van der Waals surface area contributed by atoms with Crippen LogP contribution in [0.15, 0.2) is 112 Å². The SMILES string of the molecule is CCn1cc[n+](C)c1.CCn1cc[n+](C)c1.CCn1cc[n+](C)c1.CCn1cc[n+](C)c1.CCn1cc[n+](C)c1.CCn1cc[n+](C)c1.[C-]#N.[C-]#N.[C-]#N.[C-]#N.[O-][B][O-]. The topological polar surface area (TPSA) is 194 Å². The Hall–Kier alpha value is -6.80. The zero-order valence-electron chi connectivity index (χ0n) is 37.2. The molecule has 6 heterocycles. The molecule has 0 unspecified atom stereocenters. The monoisotopic (exact) mass is 814 g/mol. The van der Waals surface area contributed by atoms with E-state index in [4.69, 9.17) is 57.4 Å². The van der Waals surface area contributed by atoms with Crippen molar-refractivity contribution >= 4 is 7.69 Å². The summed E-state index contributed by atoms with van der Waals surface area (Å²) in [5.74, 6) is 0. The number of hydrogen-bond donors (Lipinski definition) is 0. The quantitative estimate of drug-likeness (QED) is 0.125. The molecule has 0 fully saturated rings. The average Bonchev–Trinajstić information content (AvgIpc) is 4.15. The number of nitrogens with zero attached hydrogens (tertiary/aromatic N) is 16. The fraction of sp³-hybridized carbons (Fsp3) is 0.450. The molecule has 6 aromatic rings. The van der Waals surface area contributed by atoms with Crippen LogP contribution in [0.3, 0.4) is 0 Å². The molecule has 0 aromatic carbocycles. The van der Waals surface area contributed by atoms with Crippen LogP contribution in [0, 0.1) is 47.3 Å². The van der Waals surface area contributed by atoms with E-state index in [0.717, 1.165) is 39.3 Å². The Labute approximate surface area is 354 Å². The van der Waals surface area contributed by atoms with E-state index < -0.39 is 7.69 Å². The molecule has 0 saturated heterocycles. The highest BCUT2D eigenvalue weighted by Gasteiger charge is 1.96.